The third-order valence-electron chi connectivity index (χ3n) is 3.04. The molecule has 0 saturated carbocycles. The molecule has 0 aliphatic rings. The van der Waals surface area contributed by atoms with E-state index in [0.29, 0.717) is 22.3 Å². The number of carbonyl (C=O) groups is 1. The molecule has 1 amide bonds. The highest BCUT2D eigenvalue weighted by atomic mass is 35.5. The summed E-state index contributed by atoms with van der Waals surface area (Å²) < 4.78 is 2.41. The predicted molar refractivity (Wildman–Crippen MR) is 87.1 cm³/mol. The molecular weight excluding hydrogens is 320 g/mol. The van der Waals surface area contributed by atoms with Gasteiger partial charge in [0.25, 0.3) is 5.91 Å². The Morgan fingerprint density at radius 3 is 2.77 bits per heavy atom. The second-order valence-electron chi connectivity index (χ2n) is 4.56. The van der Waals surface area contributed by atoms with Crippen LogP contribution in [-0.4, -0.2) is 27.2 Å². The van der Waals surface area contributed by atoms with Gasteiger partial charge in [-0.25, -0.2) is 0 Å². The Labute approximate surface area is 136 Å². The average molecular weight is 333 g/mol. The lowest BCUT2D eigenvalue weighted by atomic mass is 10.2. The third-order valence-corrected chi connectivity index (χ3v) is 4.27. The number of halogens is 1. The van der Waals surface area contributed by atoms with Crippen molar-refractivity contribution >= 4 is 28.8 Å². The molecule has 0 aliphatic heterocycles. The standard InChI is InChI=1S/C15H13ClN4OS/c16-14-2-1-13(22-14)15(21)18-8-10-20-9-5-12(19-20)11-3-6-17-7-4-11/h1-7,9H,8,10H2,(H,18,21). The van der Waals surface area contributed by atoms with Gasteiger partial charge in [-0.1, -0.05) is 11.6 Å². The van der Waals surface area contributed by atoms with E-state index >= 15 is 0 Å². The summed E-state index contributed by atoms with van der Waals surface area (Å²) in [7, 11) is 0. The van der Waals surface area contributed by atoms with E-state index in [9.17, 15) is 4.79 Å². The molecule has 0 radical (unpaired) electrons. The van der Waals surface area contributed by atoms with Gasteiger partial charge in [-0.05, 0) is 30.3 Å². The van der Waals surface area contributed by atoms with Gasteiger partial charge in [0, 0.05) is 30.7 Å². The van der Waals surface area contributed by atoms with Crippen LogP contribution >= 0.6 is 22.9 Å². The molecule has 3 aromatic heterocycles. The summed E-state index contributed by atoms with van der Waals surface area (Å²) in [5, 5.41) is 7.33. The van der Waals surface area contributed by atoms with Crippen molar-refractivity contribution in [3.63, 3.8) is 0 Å². The molecule has 0 aliphatic carbocycles. The second kappa shape index (κ2) is 6.72. The smallest absolute Gasteiger partial charge is 0.261 e. The van der Waals surface area contributed by atoms with Gasteiger partial charge in [0.15, 0.2) is 0 Å². The van der Waals surface area contributed by atoms with Crippen molar-refractivity contribution in [3.05, 3.63) is 58.1 Å². The topological polar surface area (TPSA) is 59.8 Å². The number of carbonyl (C=O) groups excluding carboxylic acids is 1. The van der Waals surface area contributed by atoms with Crippen LogP contribution in [0.5, 0.6) is 0 Å². The Hall–Kier alpha value is -2.18. The summed E-state index contributed by atoms with van der Waals surface area (Å²) >= 11 is 7.08. The summed E-state index contributed by atoms with van der Waals surface area (Å²) in [5.74, 6) is -0.113. The van der Waals surface area contributed by atoms with E-state index in [0.717, 1.165) is 11.3 Å². The van der Waals surface area contributed by atoms with Crippen LogP contribution in [0.2, 0.25) is 4.34 Å². The average Bonchev–Trinajstić information content (AvgIpc) is 3.17. The van der Waals surface area contributed by atoms with Crippen molar-refractivity contribution in [1.29, 1.82) is 0 Å². The zero-order valence-electron chi connectivity index (χ0n) is 11.6. The fraction of sp³-hybridized carbons (Fsp3) is 0.133. The molecule has 0 bridgehead atoms. The van der Waals surface area contributed by atoms with E-state index in [1.165, 1.54) is 11.3 Å². The molecule has 3 aromatic rings. The third kappa shape index (κ3) is 3.52. The second-order valence-corrected chi connectivity index (χ2v) is 6.27. The summed E-state index contributed by atoms with van der Waals surface area (Å²) in [4.78, 5) is 16.5. The van der Waals surface area contributed by atoms with Crippen molar-refractivity contribution in [2.24, 2.45) is 0 Å². The van der Waals surface area contributed by atoms with Crippen LogP contribution in [0.4, 0.5) is 0 Å². The number of rotatable bonds is 5. The minimum absolute atomic E-state index is 0.113. The van der Waals surface area contributed by atoms with Gasteiger partial charge in [-0.3, -0.25) is 14.5 Å². The Bertz CT molecular complexity index is 769. The van der Waals surface area contributed by atoms with E-state index in [-0.39, 0.29) is 5.91 Å². The fourth-order valence-corrected chi connectivity index (χ4v) is 2.93. The summed E-state index contributed by atoms with van der Waals surface area (Å²) in [6.07, 6.45) is 5.37. The summed E-state index contributed by atoms with van der Waals surface area (Å²) in [6.45, 7) is 1.11. The largest absolute Gasteiger partial charge is 0.349 e. The number of nitrogens with zero attached hydrogens (tertiary/aromatic N) is 3. The van der Waals surface area contributed by atoms with Crippen LogP contribution in [0.1, 0.15) is 9.67 Å². The van der Waals surface area contributed by atoms with Crippen molar-refractivity contribution in [3.8, 4) is 11.3 Å². The number of pyridine rings is 1. The van der Waals surface area contributed by atoms with Gasteiger partial charge in [0.05, 0.1) is 21.5 Å². The number of thiophene rings is 1. The van der Waals surface area contributed by atoms with Gasteiger partial charge >= 0.3 is 0 Å². The molecule has 0 fully saturated rings. The molecule has 3 heterocycles. The molecule has 0 aromatic carbocycles. The summed E-state index contributed by atoms with van der Waals surface area (Å²) in [5.41, 5.74) is 1.91. The molecule has 0 unspecified atom stereocenters. The minimum atomic E-state index is -0.113. The van der Waals surface area contributed by atoms with E-state index < -0.39 is 0 Å². The van der Waals surface area contributed by atoms with Crippen LogP contribution in [0.25, 0.3) is 11.3 Å². The molecule has 0 spiro atoms. The Morgan fingerprint density at radius 2 is 2.05 bits per heavy atom. The fourth-order valence-electron chi connectivity index (χ4n) is 1.97. The monoisotopic (exact) mass is 332 g/mol. The molecule has 3 rings (SSSR count). The van der Waals surface area contributed by atoms with Crippen LogP contribution in [-0.2, 0) is 6.54 Å². The highest BCUT2D eigenvalue weighted by Gasteiger charge is 2.08. The molecule has 112 valence electrons. The maximum Gasteiger partial charge on any atom is 0.261 e. The van der Waals surface area contributed by atoms with Crippen LogP contribution < -0.4 is 5.32 Å². The number of hydrogen-bond acceptors (Lipinski definition) is 4. The van der Waals surface area contributed by atoms with E-state index in [1.54, 1.807) is 29.2 Å². The van der Waals surface area contributed by atoms with Crippen molar-refractivity contribution < 1.29 is 4.79 Å². The maximum atomic E-state index is 11.9. The Kier molecular flexibility index (Phi) is 4.50. The van der Waals surface area contributed by atoms with Crippen LogP contribution in [0, 0.1) is 0 Å². The van der Waals surface area contributed by atoms with Gasteiger partial charge in [-0.2, -0.15) is 5.10 Å². The van der Waals surface area contributed by atoms with Crippen molar-refractivity contribution in [2.75, 3.05) is 6.54 Å². The van der Waals surface area contributed by atoms with Crippen molar-refractivity contribution in [2.45, 2.75) is 6.54 Å². The molecular formula is C15H13ClN4OS. The first-order valence-corrected chi connectivity index (χ1v) is 7.89. The number of amides is 1. The quantitative estimate of drug-likeness (QED) is 0.781. The lowest BCUT2D eigenvalue weighted by Gasteiger charge is -2.04. The summed E-state index contributed by atoms with van der Waals surface area (Å²) in [6, 6.07) is 9.20. The zero-order valence-corrected chi connectivity index (χ0v) is 13.1. The zero-order chi connectivity index (χ0) is 15.4. The van der Waals surface area contributed by atoms with E-state index in [2.05, 4.69) is 15.4 Å². The first-order valence-electron chi connectivity index (χ1n) is 6.70. The molecule has 0 saturated heterocycles. The van der Waals surface area contributed by atoms with E-state index in [4.69, 9.17) is 11.6 Å². The van der Waals surface area contributed by atoms with Crippen LogP contribution in [0.3, 0.4) is 0 Å². The lowest BCUT2D eigenvalue weighted by Crippen LogP contribution is -2.26. The number of aromatic nitrogens is 3. The van der Waals surface area contributed by atoms with Crippen molar-refractivity contribution in [1.82, 2.24) is 20.1 Å². The molecule has 7 heteroatoms. The van der Waals surface area contributed by atoms with Crippen LogP contribution in [0.15, 0.2) is 48.9 Å². The van der Waals surface area contributed by atoms with Gasteiger partial charge < -0.3 is 5.32 Å². The highest BCUT2D eigenvalue weighted by molar-refractivity contribution is 7.17. The predicted octanol–water partition coefficient (Wildman–Crippen LogP) is 3.09. The molecule has 0 atom stereocenters. The number of hydrogen-bond donors (Lipinski definition) is 1. The van der Waals surface area contributed by atoms with Gasteiger partial charge in [0.2, 0.25) is 0 Å². The normalized spacial score (nSPS) is 10.6. The molecule has 1 N–H and O–H groups in total. The Morgan fingerprint density at radius 1 is 1.23 bits per heavy atom. The molecule has 5 nitrogen and oxygen atoms in total. The van der Waals surface area contributed by atoms with Gasteiger partial charge in [-0.15, -0.1) is 11.3 Å². The van der Waals surface area contributed by atoms with E-state index in [1.807, 2.05) is 24.4 Å². The number of nitrogens with one attached hydrogen (secondary N) is 1. The molecule has 22 heavy (non-hydrogen) atoms. The highest BCUT2D eigenvalue weighted by Crippen LogP contribution is 2.21. The first-order chi connectivity index (χ1) is 10.7. The first kappa shape index (κ1) is 14.7. The Balaban J connectivity index is 1.54. The maximum absolute atomic E-state index is 11.9. The van der Waals surface area contributed by atoms with Gasteiger partial charge in [0.1, 0.15) is 0 Å². The lowest BCUT2D eigenvalue weighted by molar-refractivity contribution is 0.0956. The minimum Gasteiger partial charge on any atom is -0.349 e. The SMILES string of the molecule is O=C(NCCn1ccc(-c2ccncc2)n1)c1ccc(Cl)s1.